The first kappa shape index (κ1) is 19.3. The van der Waals surface area contributed by atoms with E-state index in [1.807, 2.05) is 0 Å². The van der Waals surface area contributed by atoms with Crippen molar-refractivity contribution in [2.75, 3.05) is 10.6 Å². The van der Waals surface area contributed by atoms with Gasteiger partial charge >= 0.3 is 0 Å². The van der Waals surface area contributed by atoms with Crippen LogP contribution in [0.3, 0.4) is 0 Å². The van der Waals surface area contributed by atoms with Crippen molar-refractivity contribution >= 4 is 17.5 Å². The number of allylic oxidation sites excluding steroid dienone is 1. The van der Waals surface area contributed by atoms with E-state index in [9.17, 15) is 27.1 Å². The molecule has 0 radical (unpaired) electrons. The first-order chi connectivity index (χ1) is 13.1. The van der Waals surface area contributed by atoms with Gasteiger partial charge in [-0.15, -0.1) is 0 Å². The minimum Gasteiger partial charge on any atom is -0.386 e. The number of hydrogen-bond acceptors (Lipinski definition) is 6. The summed E-state index contributed by atoms with van der Waals surface area (Å²) in [6, 6.07) is -1.08. The molecule has 2 fully saturated rings. The van der Waals surface area contributed by atoms with E-state index in [0.717, 1.165) is 0 Å². The lowest BCUT2D eigenvalue weighted by molar-refractivity contribution is -0.0799. The number of rotatable bonds is 5. The number of aliphatic hydroxyl groups is 1. The van der Waals surface area contributed by atoms with Crippen molar-refractivity contribution in [3.05, 3.63) is 11.7 Å². The van der Waals surface area contributed by atoms with Crippen molar-refractivity contribution in [1.82, 2.24) is 15.0 Å². The van der Waals surface area contributed by atoms with Gasteiger partial charge in [0.1, 0.15) is 11.9 Å². The molecule has 0 aliphatic heterocycles. The molecule has 3 aliphatic carbocycles. The summed E-state index contributed by atoms with van der Waals surface area (Å²) in [6.45, 7) is 0. The Labute approximate surface area is 157 Å². The third-order valence-electron chi connectivity index (χ3n) is 5.24. The summed E-state index contributed by atoms with van der Waals surface area (Å²) < 4.78 is 66.6. The third kappa shape index (κ3) is 4.03. The number of nitrogens with one attached hydrogen (secondary N) is 2. The minimum absolute atomic E-state index is 0.0283. The van der Waals surface area contributed by atoms with Gasteiger partial charge in [0.05, 0.1) is 0 Å². The predicted molar refractivity (Wildman–Crippen MR) is 90.9 cm³/mol. The van der Waals surface area contributed by atoms with Crippen LogP contribution < -0.4 is 10.6 Å². The molecule has 0 saturated heterocycles. The molecule has 28 heavy (non-hydrogen) atoms. The lowest BCUT2D eigenvalue weighted by Crippen LogP contribution is -2.45. The molecule has 3 N–H and O–H groups in total. The molecule has 11 heteroatoms. The standard InChI is InChI=1S/C17H20F5N5O/c18-12-10(2-1-3-11(12)28)13-25-14(23-8-4-16(19,20)5-8)27-15(26-13)24-9-6-17(21,22)7-9/h8-9,11,28H,1-7H2,(H2,23,24,25,26,27)/t11-/m1/s1. The maximum absolute atomic E-state index is 14.4. The quantitative estimate of drug-likeness (QED) is 0.651. The van der Waals surface area contributed by atoms with Crippen molar-refractivity contribution in [1.29, 1.82) is 0 Å². The first-order valence-electron chi connectivity index (χ1n) is 9.22. The van der Waals surface area contributed by atoms with Gasteiger partial charge in [0.25, 0.3) is 11.8 Å². The van der Waals surface area contributed by atoms with Crippen molar-refractivity contribution < 1.29 is 27.1 Å². The van der Waals surface area contributed by atoms with Crippen LogP contribution in [0.15, 0.2) is 5.83 Å². The molecule has 1 aromatic heterocycles. The maximum Gasteiger partial charge on any atom is 0.252 e. The fourth-order valence-corrected chi connectivity index (χ4v) is 3.67. The molecular formula is C17H20F5N5O. The molecule has 4 rings (SSSR count). The van der Waals surface area contributed by atoms with Crippen LogP contribution in [-0.2, 0) is 0 Å². The van der Waals surface area contributed by atoms with E-state index in [0.29, 0.717) is 12.8 Å². The lowest BCUT2D eigenvalue weighted by atomic mass is 9.88. The van der Waals surface area contributed by atoms with Gasteiger partial charge in [-0.3, -0.25) is 0 Å². The van der Waals surface area contributed by atoms with Crippen LogP contribution in [0.2, 0.25) is 0 Å². The molecule has 6 nitrogen and oxygen atoms in total. The molecule has 1 aromatic rings. The van der Waals surface area contributed by atoms with Gasteiger partial charge < -0.3 is 15.7 Å². The Hall–Kier alpha value is -2.04. The zero-order chi connectivity index (χ0) is 20.1. The van der Waals surface area contributed by atoms with Crippen molar-refractivity contribution in [3.63, 3.8) is 0 Å². The van der Waals surface area contributed by atoms with Gasteiger partial charge in [0.2, 0.25) is 11.9 Å². The number of aromatic nitrogens is 3. The molecule has 2 saturated carbocycles. The highest BCUT2D eigenvalue weighted by Gasteiger charge is 2.46. The second-order valence-electron chi connectivity index (χ2n) is 7.75. The number of nitrogens with zero attached hydrogens (tertiary/aromatic N) is 3. The molecule has 1 heterocycles. The molecule has 3 aliphatic rings. The second-order valence-corrected chi connectivity index (χ2v) is 7.75. The zero-order valence-corrected chi connectivity index (χ0v) is 14.9. The van der Waals surface area contributed by atoms with Crippen molar-refractivity contribution in [3.8, 4) is 0 Å². The smallest absolute Gasteiger partial charge is 0.252 e. The summed E-state index contributed by atoms with van der Waals surface area (Å²) in [6.07, 6.45) is -1.63. The summed E-state index contributed by atoms with van der Waals surface area (Å²) in [4.78, 5) is 12.3. The summed E-state index contributed by atoms with van der Waals surface area (Å²) in [5, 5.41) is 15.3. The van der Waals surface area contributed by atoms with Crippen LogP contribution >= 0.6 is 0 Å². The molecule has 1 atom stereocenters. The van der Waals surface area contributed by atoms with E-state index in [4.69, 9.17) is 0 Å². The van der Waals surface area contributed by atoms with Crippen LogP contribution in [0, 0.1) is 0 Å². The molecular weight excluding hydrogens is 385 g/mol. The van der Waals surface area contributed by atoms with Gasteiger partial charge in [0.15, 0.2) is 5.82 Å². The molecule has 0 spiro atoms. The van der Waals surface area contributed by atoms with Gasteiger partial charge in [0, 0.05) is 43.3 Å². The molecule has 154 valence electrons. The second kappa shape index (κ2) is 6.78. The van der Waals surface area contributed by atoms with Crippen LogP contribution in [0.4, 0.5) is 33.8 Å². The molecule has 0 bridgehead atoms. The maximum atomic E-state index is 14.4. The van der Waals surface area contributed by atoms with E-state index in [-0.39, 0.29) is 55.4 Å². The first-order valence-corrected chi connectivity index (χ1v) is 9.22. The Kier molecular flexibility index (Phi) is 4.67. The Morgan fingerprint density at radius 1 is 0.857 bits per heavy atom. The fourth-order valence-electron chi connectivity index (χ4n) is 3.67. The zero-order valence-electron chi connectivity index (χ0n) is 14.9. The lowest BCUT2D eigenvalue weighted by Gasteiger charge is -2.36. The van der Waals surface area contributed by atoms with Crippen LogP contribution in [0.1, 0.15) is 50.8 Å². The van der Waals surface area contributed by atoms with E-state index in [2.05, 4.69) is 25.6 Å². The highest BCUT2D eigenvalue weighted by Crippen LogP contribution is 2.40. The Balaban J connectivity index is 1.58. The van der Waals surface area contributed by atoms with Crippen molar-refractivity contribution in [2.24, 2.45) is 0 Å². The highest BCUT2D eigenvalue weighted by atomic mass is 19.3. The van der Waals surface area contributed by atoms with Crippen LogP contribution in [0.25, 0.3) is 5.57 Å². The number of hydrogen-bond donors (Lipinski definition) is 3. The monoisotopic (exact) mass is 405 g/mol. The average Bonchev–Trinajstić information content (AvgIpc) is 2.54. The summed E-state index contributed by atoms with van der Waals surface area (Å²) >= 11 is 0. The fraction of sp³-hybridized carbons (Fsp3) is 0.706. The van der Waals surface area contributed by atoms with Gasteiger partial charge in [-0.05, 0) is 19.3 Å². The Bertz CT molecular complexity index is 742. The van der Waals surface area contributed by atoms with Crippen molar-refractivity contribution in [2.45, 2.75) is 75.0 Å². The van der Waals surface area contributed by atoms with E-state index >= 15 is 0 Å². The minimum atomic E-state index is -2.74. The summed E-state index contributed by atoms with van der Waals surface area (Å²) in [5.41, 5.74) is 0.116. The molecule has 0 aromatic carbocycles. The van der Waals surface area contributed by atoms with E-state index in [1.165, 1.54) is 0 Å². The van der Waals surface area contributed by atoms with E-state index < -0.39 is 35.9 Å². The van der Waals surface area contributed by atoms with E-state index in [1.54, 1.807) is 0 Å². The number of anilines is 2. The average molecular weight is 405 g/mol. The summed E-state index contributed by atoms with van der Waals surface area (Å²) in [5.74, 6) is -6.31. The predicted octanol–water partition coefficient (Wildman–Crippen LogP) is 3.52. The van der Waals surface area contributed by atoms with Crippen LogP contribution in [-0.4, -0.2) is 50.1 Å². The SMILES string of the molecule is O[C@@H]1CCCC(c2nc(NC3CC(F)(F)C3)nc(NC3CC(F)(F)C3)n2)=C1F. The molecule has 0 unspecified atom stereocenters. The van der Waals surface area contributed by atoms with Gasteiger partial charge in [-0.1, -0.05) is 0 Å². The topological polar surface area (TPSA) is 83.0 Å². The third-order valence-corrected chi connectivity index (χ3v) is 5.24. The Morgan fingerprint density at radius 2 is 1.36 bits per heavy atom. The number of alkyl halides is 4. The number of aliphatic hydroxyl groups excluding tert-OH is 1. The van der Waals surface area contributed by atoms with Crippen LogP contribution in [0.5, 0.6) is 0 Å². The normalized spacial score (nSPS) is 27.1. The van der Waals surface area contributed by atoms with Gasteiger partial charge in [-0.2, -0.15) is 15.0 Å². The Morgan fingerprint density at radius 3 is 1.82 bits per heavy atom. The summed E-state index contributed by atoms with van der Waals surface area (Å²) in [7, 11) is 0. The van der Waals surface area contributed by atoms with Gasteiger partial charge in [-0.25, -0.2) is 22.0 Å². The number of halogens is 5. The highest BCUT2D eigenvalue weighted by molar-refractivity contribution is 5.65. The largest absolute Gasteiger partial charge is 0.386 e. The molecule has 0 amide bonds.